The van der Waals surface area contributed by atoms with E-state index >= 15 is 0 Å². The van der Waals surface area contributed by atoms with Crippen molar-refractivity contribution < 1.29 is 5.11 Å². The fraction of sp³-hybridized carbons (Fsp3) is 1.00. The molecule has 92 valence electrons. The number of aliphatic hydroxyl groups is 1. The lowest BCUT2D eigenvalue weighted by Gasteiger charge is -2.69. The molecule has 16 heavy (non-hydrogen) atoms. The van der Waals surface area contributed by atoms with Crippen LogP contribution in [0.5, 0.6) is 0 Å². The Labute approximate surface area is 99.6 Å². The molecule has 5 unspecified atom stereocenters. The molecule has 5 atom stereocenters. The topological polar surface area (TPSA) is 20.2 Å². The summed E-state index contributed by atoms with van der Waals surface area (Å²) in [6.45, 7) is 9.26. The lowest BCUT2D eigenvalue weighted by Crippen LogP contribution is -2.67. The Kier molecular flexibility index (Phi) is 1.98. The van der Waals surface area contributed by atoms with Gasteiger partial charge in [-0.1, -0.05) is 27.7 Å². The highest BCUT2D eigenvalue weighted by molar-refractivity contribution is 5.16. The molecule has 1 heteroatoms. The molecule has 0 aliphatic heterocycles. The van der Waals surface area contributed by atoms with E-state index in [4.69, 9.17) is 0 Å². The van der Waals surface area contributed by atoms with Gasteiger partial charge in [0.25, 0.3) is 0 Å². The van der Waals surface area contributed by atoms with Gasteiger partial charge in [0.2, 0.25) is 0 Å². The van der Waals surface area contributed by atoms with Crippen LogP contribution in [0.2, 0.25) is 0 Å². The smallest absolute Gasteiger partial charge is 0.0752 e. The molecule has 1 nitrogen and oxygen atoms in total. The van der Waals surface area contributed by atoms with Gasteiger partial charge in [0.15, 0.2) is 0 Å². The van der Waals surface area contributed by atoms with Crippen LogP contribution >= 0.6 is 0 Å². The third kappa shape index (κ3) is 1.11. The van der Waals surface area contributed by atoms with Crippen molar-refractivity contribution in [3.8, 4) is 0 Å². The molecule has 0 amide bonds. The minimum absolute atomic E-state index is 0.194. The number of hydrogen-bond acceptors (Lipinski definition) is 1. The van der Waals surface area contributed by atoms with Gasteiger partial charge in [-0.2, -0.15) is 0 Å². The summed E-state index contributed by atoms with van der Waals surface area (Å²) in [5.74, 6) is 1.89. The molecule has 0 heterocycles. The maximum Gasteiger partial charge on any atom is 0.0752 e. The van der Waals surface area contributed by atoms with Crippen LogP contribution in [0.4, 0.5) is 0 Å². The normalized spacial score (nSPS) is 59.6. The average Bonchev–Trinajstić information content (AvgIpc) is 2.10. The summed E-state index contributed by atoms with van der Waals surface area (Å²) >= 11 is 0. The van der Waals surface area contributed by atoms with Crippen LogP contribution in [0.15, 0.2) is 0 Å². The molecule has 0 spiro atoms. The third-order valence-corrected chi connectivity index (χ3v) is 6.16. The van der Waals surface area contributed by atoms with Gasteiger partial charge < -0.3 is 5.11 Å². The fourth-order valence-electron chi connectivity index (χ4n) is 6.20. The molecule has 0 aromatic rings. The largest absolute Gasteiger partial charge is 0.389 e. The molecule has 4 aliphatic rings. The predicted molar refractivity (Wildman–Crippen MR) is 66.1 cm³/mol. The molecular formula is C15H26O. The lowest BCUT2D eigenvalue weighted by molar-refractivity contribution is -0.261. The van der Waals surface area contributed by atoms with Gasteiger partial charge in [0.1, 0.15) is 0 Å². The molecule has 1 N–H and O–H groups in total. The number of hydrogen-bond donors (Lipinski definition) is 1. The highest BCUT2D eigenvalue weighted by Gasteiger charge is 2.66. The maximum atomic E-state index is 11.2. The van der Waals surface area contributed by atoms with Gasteiger partial charge >= 0.3 is 0 Å². The van der Waals surface area contributed by atoms with E-state index in [0.717, 1.165) is 5.92 Å². The standard InChI is InChI=1S/C15H26O/c1-10(2)15(16)12-5-11-6-13(3,8-12)9-14(15,4)7-11/h10-12,16H,5-9H2,1-4H3. The Bertz CT molecular complexity index is 323. The summed E-state index contributed by atoms with van der Waals surface area (Å²) in [7, 11) is 0. The first-order valence-electron chi connectivity index (χ1n) is 7.01. The van der Waals surface area contributed by atoms with Crippen LogP contribution in [0.1, 0.15) is 59.8 Å². The average molecular weight is 222 g/mol. The quantitative estimate of drug-likeness (QED) is 0.718. The third-order valence-electron chi connectivity index (χ3n) is 6.16. The maximum absolute atomic E-state index is 11.2. The van der Waals surface area contributed by atoms with Gasteiger partial charge in [-0.25, -0.2) is 0 Å². The Hall–Kier alpha value is -0.0400. The summed E-state index contributed by atoms with van der Waals surface area (Å²) in [6.07, 6.45) is 6.51. The van der Waals surface area contributed by atoms with Crippen molar-refractivity contribution in [2.75, 3.05) is 0 Å². The van der Waals surface area contributed by atoms with Crippen LogP contribution < -0.4 is 0 Å². The van der Waals surface area contributed by atoms with Crippen molar-refractivity contribution in [1.82, 2.24) is 0 Å². The first-order chi connectivity index (χ1) is 7.29. The summed E-state index contributed by atoms with van der Waals surface area (Å²) < 4.78 is 0. The van der Waals surface area contributed by atoms with Crippen molar-refractivity contribution in [3.63, 3.8) is 0 Å². The molecule has 0 aromatic carbocycles. The van der Waals surface area contributed by atoms with Gasteiger partial charge in [-0.05, 0) is 60.7 Å². The summed E-state index contributed by atoms with van der Waals surface area (Å²) in [6, 6.07) is 0. The number of rotatable bonds is 1. The van der Waals surface area contributed by atoms with E-state index in [1.807, 2.05) is 0 Å². The molecular weight excluding hydrogens is 196 g/mol. The Morgan fingerprint density at radius 2 is 1.81 bits per heavy atom. The van der Waals surface area contributed by atoms with Crippen LogP contribution in [0.25, 0.3) is 0 Å². The summed E-state index contributed by atoms with van der Waals surface area (Å²) in [5, 5.41) is 11.2. The Morgan fingerprint density at radius 3 is 2.31 bits per heavy atom. The second-order valence-corrected chi connectivity index (χ2v) is 7.94. The van der Waals surface area contributed by atoms with Gasteiger partial charge in [0, 0.05) is 0 Å². The first-order valence-corrected chi connectivity index (χ1v) is 7.01. The highest BCUT2D eigenvalue weighted by atomic mass is 16.3. The van der Waals surface area contributed by atoms with E-state index in [1.165, 1.54) is 32.1 Å². The monoisotopic (exact) mass is 222 g/mol. The molecule has 4 rings (SSSR count). The zero-order valence-electron chi connectivity index (χ0n) is 11.2. The molecule has 4 aliphatic carbocycles. The van der Waals surface area contributed by atoms with Crippen LogP contribution in [-0.2, 0) is 0 Å². The second-order valence-electron chi connectivity index (χ2n) is 7.94. The SMILES string of the molecule is CC(C)C1(O)C2CC3CC(C)(C2)CC1(C)C3. The molecule has 0 saturated heterocycles. The van der Waals surface area contributed by atoms with E-state index in [2.05, 4.69) is 27.7 Å². The van der Waals surface area contributed by atoms with E-state index in [-0.39, 0.29) is 11.0 Å². The van der Waals surface area contributed by atoms with E-state index < -0.39 is 0 Å². The van der Waals surface area contributed by atoms with E-state index in [1.54, 1.807) is 0 Å². The molecule has 4 fully saturated rings. The minimum Gasteiger partial charge on any atom is -0.389 e. The molecule has 0 radical (unpaired) electrons. The van der Waals surface area contributed by atoms with Crippen molar-refractivity contribution in [1.29, 1.82) is 0 Å². The van der Waals surface area contributed by atoms with Gasteiger partial charge in [0.05, 0.1) is 5.60 Å². The van der Waals surface area contributed by atoms with E-state index in [0.29, 0.717) is 17.3 Å². The minimum atomic E-state index is -0.385. The zero-order valence-corrected chi connectivity index (χ0v) is 11.2. The molecule has 4 bridgehead atoms. The van der Waals surface area contributed by atoms with Crippen molar-refractivity contribution in [2.24, 2.45) is 28.6 Å². The predicted octanol–water partition coefficient (Wildman–Crippen LogP) is 3.61. The Balaban J connectivity index is 2.06. The van der Waals surface area contributed by atoms with E-state index in [9.17, 15) is 5.11 Å². The van der Waals surface area contributed by atoms with Crippen LogP contribution in [0, 0.1) is 28.6 Å². The summed E-state index contributed by atoms with van der Waals surface area (Å²) in [5.41, 5.74) is 0.352. The van der Waals surface area contributed by atoms with Gasteiger partial charge in [-0.15, -0.1) is 0 Å². The second kappa shape index (κ2) is 2.85. The van der Waals surface area contributed by atoms with Crippen LogP contribution in [0.3, 0.4) is 0 Å². The molecule has 0 aromatic heterocycles. The van der Waals surface area contributed by atoms with Crippen LogP contribution in [-0.4, -0.2) is 10.7 Å². The highest BCUT2D eigenvalue weighted by Crippen LogP contribution is 2.70. The van der Waals surface area contributed by atoms with Crippen molar-refractivity contribution in [3.05, 3.63) is 0 Å². The lowest BCUT2D eigenvalue weighted by atomic mass is 9.38. The van der Waals surface area contributed by atoms with Crippen molar-refractivity contribution in [2.45, 2.75) is 65.4 Å². The fourth-order valence-corrected chi connectivity index (χ4v) is 6.20. The molecule has 4 saturated carbocycles. The van der Waals surface area contributed by atoms with Crippen molar-refractivity contribution >= 4 is 0 Å². The first kappa shape index (κ1) is 11.1. The Morgan fingerprint density at radius 1 is 1.12 bits per heavy atom. The zero-order chi connectivity index (χ0) is 11.8. The van der Waals surface area contributed by atoms with Gasteiger partial charge in [-0.3, -0.25) is 0 Å². The summed E-state index contributed by atoms with van der Waals surface area (Å²) in [4.78, 5) is 0.